The molecule has 0 radical (unpaired) electrons. The average Bonchev–Trinajstić information content (AvgIpc) is 2.08. The Bertz CT molecular complexity index is 241. The smallest absolute Gasteiger partial charge is 0.0202 e. The van der Waals surface area contributed by atoms with Crippen LogP contribution in [0.15, 0.2) is 24.3 Å². The van der Waals surface area contributed by atoms with E-state index < -0.39 is 0 Å². The van der Waals surface area contributed by atoms with Crippen molar-refractivity contribution in [2.24, 2.45) is 5.92 Å². The van der Waals surface area contributed by atoms with Crippen molar-refractivity contribution >= 4 is 0 Å². The van der Waals surface area contributed by atoms with Crippen LogP contribution in [0.2, 0.25) is 0 Å². The normalized spacial score (nSPS) is 10.8. The van der Waals surface area contributed by atoms with Gasteiger partial charge in [-0.05, 0) is 30.5 Å². The van der Waals surface area contributed by atoms with Gasteiger partial charge in [-0.2, -0.15) is 0 Å². The summed E-state index contributed by atoms with van der Waals surface area (Å²) in [4.78, 5) is 0. The van der Waals surface area contributed by atoms with Crippen molar-refractivity contribution in [3.63, 3.8) is 0 Å². The lowest BCUT2D eigenvalue weighted by Crippen LogP contribution is -2.04. The first kappa shape index (κ1) is 10.3. The topological polar surface area (TPSA) is 12.0 Å². The van der Waals surface area contributed by atoms with Crippen LogP contribution in [0, 0.1) is 5.92 Å². The molecule has 1 N–H and O–H groups in total. The molecule has 1 aromatic rings. The fourth-order valence-electron chi connectivity index (χ4n) is 1.47. The van der Waals surface area contributed by atoms with E-state index in [1.165, 1.54) is 17.5 Å². The SMILES string of the molecule is CNCc1ccc(CC(C)C)cc1.[HH]. The molecule has 1 heteroatoms. The molecule has 1 nitrogen and oxygen atoms in total. The number of rotatable bonds is 4. The summed E-state index contributed by atoms with van der Waals surface area (Å²) in [5.74, 6) is 0.746. The third kappa shape index (κ3) is 3.60. The van der Waals surface area contributed by atoms with Crippen LogP contribution in [-0.2, 0) is 13.0 Å². The van der Waals surface area contributed by atoms with E-state index in [2.05, 4.69) is 43.4 Å². The standard InChI is InChI=1S/C12H19N.H2/c1-10(2)8-11-4-6-12(7-5-11)9-13-3;/h4-7,10,13H,8-9H2,1-3H3;1H. The molecule has 0 unspecified atom stereocenters. The van der Waals surface area contributed by atoms with Gasteiger partial charge in [0.05, 0.1) is 0 Å². The predicted molar refractivity (Wildman–Crippen MR) is 59.9 cm³/mol. The van der Waals surface area contributed by atoms with E-state index >= 15 is 0 Å². The van der Waals surface area contributed by atoms with Crippen LogP contribution in [0.1, 0.15) is 26.4 Å². The van der Waals surface area contributed by atoms with Gasteiger partial charge < -0.3 is 5.32 Å². The number of hydrogen-bond acceptors (Lipinski definition) is 1. The average molecular weight is 179 g/mol. The van der Waals surface area contributed by atoms with E-state index in [0.717, 1.165) is 12.5 Å². The van der Waals surface area contributed by atoms with Crippen LogP contribution in [0.5, 0.6) is 0 Å². The summed E-state index contributed by atoms with van der Waals surface area (Å²) >= 11 is 0. The maximum Gasteiger partial charge on any atom is 0.0202 e. The monoisotopic (exact) mass is 179 g/mol. The van der Waals surface area contributed by atoms with Crippen LogP contribution >= 0.6 is 0 Å². The van der Waals surface area contributed by atoms with Crippen LogP contribution in [0.3, 0.4) is 0 Å². The highest BCUT2D eigenvalue weighted by molar-refractivity contribution is 5.22. The molecule has 0 heterocycles. The van der Waals surface area contributed by atoms with Gasteiger partial charge in [-0.3, -0.25) is 0 Å². The lowest BCUT2D eigenvalue weighted by Gasteiger charge is -2.05. The van der Waals surface area contributed by atoms with Gasteiger partial charge in [-0.15, -0.1) is 0 Å². The maximum atomic E-state index is 3.14. The fraction of sp³-hybridized carbons (Fsp3) is 0.500. The number of nitrogens with one attached hydrogen (secondary N) is 1. The van der Waals surface area contributed by atoms with Gasteiger partial charge in [0, 0.05) is 7.97 Å². The Morgan fingerprint density at radius 3 is 2.15 bits per heavy atom. The van der Waals surface area contributed by atoms with Crippen molar-refractivity contribution in [3.8, 4) is 0 Å². The summed E-state index contributed by atoms with van der Waals surface area (Å²) in [6.45, 7) is 5.46. The number of hydrogen-bond donors (Lipinski definition) is 1. The minimum absolute atomic E-state index is 0. The molecule has 0 aliphatic rings. The van der Waals surface area contributed by atoms with Gasteiger partial charge in [0.25, 0.3) is 0 Å². The molecule has 0 fully saturated rings. The minimum atomic E-state index is 0. The molecule has 0 bridgehead atoms. The second-order valence-corrected chi connectivity index (χ2v) is 3.94. The summed E-state index contributed by atoms with van der Waals surface area (Å²) < 4.78 is 0. The summed E-state index contributed by atoms with van der Waals surface area (Å²) in [6, 6.07) is 8.86. The molecule has 0 amide bonds. The largest absolute Gasteiger partial charge is 0.316 e. The summed E-state index contributed by atoms with van der Waals surface area (Å²) in [7, 11) is 1.97. The zero-order valence-corrected chi connectivity index (χ0v) is 8.80. The highest BCUT2D eigenvalue weighted by Crippen LogP contribution is 2.09. The Labute approximate surface area is 82.7 Å². The van der Waals surface area contributed by atoms with E-state index in [4.69, 9.17) is 0 Å². The van der Waals surface area contributed by atoms with Gasteiger partial charge in [-0.1, -0.05) is 38.1 Å². The Hall–Kier alpha value is -0.820. The van der Waals surface area contributed by atoms with Crippen LogP contribution < -0.4 is 5.32 Å². The second kappa shape index (κ2) is 5.03. The third-order valence-corrected chi connectivity index (χ3v) is 2.05. The van der Waals surface area contributed by atoms with Crippen molar-refractivity contribution in [1.29, 1.82) is 0 Å². The predicted octanol–water partition coefficient (Wildman–Crippen LogP) is 2.85. The quantitative estimate of drug-likeness (QED) is 0.749. The van der Waals surface area contributed by atoms with Gasteiger partial charge in [0.2, 0.25) is 0 Å². The highest BCUT2D eigenvalue weighted by Gasteiger charge is 1.97. The third-order valence-electron chi connectivity index (χ3n) is 2.05. The van der Waals surface area contributed by atoms with E-state index in [9.17, 15) is 0 Å². The molecular weight excluding hydrogens is 158 g/mol. The molecular formula is C12H21N. The molecule has 13 heavy (non-hydrogen) atoms. The molecule has 0 saturated heterocycles. The number of benzene rings is 1. The van der Waals surface area contributed by atoms with Crippen molar-refractivity contribution in [2.75, 3.05) is 7.05 Å². The van der Waals surface area contributed by atoms with Gasteiger partial charge in [0.15, 0.2) is 0 Å². The van der Waals surface area contributed by atoms with E-state index in [-0.39, 0.29) is 1.43 Å². The van der Waals surface area contributed by atoms with E-state index in [1.807, 2.05) is 7.05 Å². The van der Waals surface area contributed by atoms with Crippen LogP contribution in [-0.4, -0.2) is 7.05 Å². The maximum absolute atomic E-state index is 3.14. The van der Waals surface area contributed by atoms with Crippen LogP contribution in [0.4, 0.5) is 0 Å². The summed E-state index contributed by atoms with van der Waals surface area (Å²) in [6.07, 6.45) is 1.18. The van der Waals surface area contributed by atoms with Gasteiger partial charge in [0.1, 0.15) is 0 Å². The van der Waals surface area contributed by atoms with Crippen molar-refractivity contribution in [3.05, 3.63) is 35.4 Å². The zero-order chi connectivity index (χ0) is 9.68. The van der Waals surface area contributed by atoms with Crippen molar-refractivity contribution in [2.45, 2.75) is 26.8 Å². The van der Waals surface area contributed by atoms with Gasteiger partial charge >= 0.3 is 0 Å². The molecule has 0 saturated carbocycles. The van der Waals surface area contributed by atoms with Gasteiger partial charge in [-0.25, -0.2) is 0 Å². The molecule has 0 aromatic heterocycles. The first-order valence-corrected chi connectivity index (χ1v) is 4.94. The fourth-order valence-corrected chi connectivity index (χ4v) is 1.47. The van der Waals surface area contributed by atoms with Crippen LogP contribution in [0.25, 0.3) is 0 Å². The first-order chi connectivity index (χ1) is 6.22. The molecule has 0 aliphatic carbocycles. The summed E-state index contributed by atoms with van der Waals surface area (Å²) in [5.41, 5.74) is 2.80. The van der Waals surface area contributed by atoms with E-state index in [0.29, 0.717) is 0 Å². The first-order valence-electron chi connectivity index (χ1n) is 4.94. The molecule has 0 atom stereocenters. The lowest BCUT2D eigenvalue weighted by molar-refractivity contribution is 0.647. The van der Waals surface area contributed by atoms with E-state index in [1.54, 1.807) is 0 Å². The Kier molecular flexibility index (Phi) is 3.97. The lowest BCUT2D eigenvalue weighted by atomic mass is 10.0. The minimum Gasteiger partial charge on any atom is -0.316 e. The molecule has 74 valence electrons. The summed E-state index contributed by atoms with van der Waals surface area (Å²) in [5, 5.41) is 3.14. The van der Waals surface area contributed by atoms with Crippen molar-refractivity contribution < 1.29 is 1.43 Å². The Morgan fingerprint density at radius 2 is 1.69 bits per heavy atom. The molecule has 0 spiro atoms. The Morgan fingerprint density at radius 1 is 1.15 bits per heavy atom. The molecule has 1 rings (SSSR count). The van der Waals surface area contributed by atoms with Crippen molar-refractivity contribution in [1.82, 2.24) is 5.32 Å². The second-order valence-electron chi connectivity index (χ2n) is 3.94. The Balaban J connectivity index is 0.00000169. The highest BCUT2D eigenvalue weighted by atomic mass is 14.8. The molecule has 0 aliphatic heterocycles. The zero-order valence-electron chi connectivity index (χ0n) is 8.80. The molecule has 1 aromatic carbocycles.